The van der Waals surface area contributed by atoms with E-state index < -0.39 is 5.60 Å². The zero-order chi connectivity index (χ0) is 18.2. The summed E-state index contributed by atoms with van der Waals surface area (Å²) < 4.78 is 6.15. The van der Waals surface area contributed by atoms with Gasteiger partial charge < -0.3 is 19.7 Å². The van der Waals surface area contributed by atoms with E-state index in [-0.39, 0.29) is 24.2 Å². The highest BCUT2D eigenvalue weighted by atomic mass is 16.5. The van der Waals surface area contributed by atoms with Crippen LogP contribution in [0.1, 0.15) is 44.5 Å². The lowest BCUT2D eigenvalue weighted by Gasteiger charge is -2.52. The predicted octanol–water partition coefficient (Wildman–Crippen LogP) is 1.07. The van der Waals surface area contributed by atoms with Crippen molar-refractivity contribution in [3.05, 3.63) is 17.7 Å². The smallest absolute Gasteiger partial charge is 0.219 e. The van der Waals surface area contributed by atoms with E-state index in [1.165, 1.54) is 0 Å². The number of nitrogens with one attached hydrogen (secondary N) is 1. The average Bonchev–Trinajstić information content (AvgIpc) is 2.96. The number of rotatable bonds is 3. The number of aryl methyl sites for hydroxylation is 1. The second-order valence-electron chi connectivity index (χ2n) is 7.93. The molecule has 140 valence electrons. The third-order valence-electron chi connectivity index (χ3n) is 5.99. The normalized spacial score (nSPS) is 29.7. The molecular weight excluding hydrogens is 320 g/mol. The van der Waals surface area contributed by atoms with Crippen molar-refractivity contribution in [1.29, 1.82) is 0 Å². The summed E-state index contributed by atoms with van der Waals surface area (Å²) >= 11 is 0. The van der Waals surface area contributed by atoms with Crippen LogP contribution in [0.5, 0.6) is 0 Å². The highest BCUT2D eigenvalue weighted by Crippen LogP contribution is 2.40. The maximum Gasteiger partial charge on any atom is 0.219 e. The van der Waals surface area contributed by atoms with Crippen LogP contribution in [0.4, 0.5) is 0 Å². The van der Waals surface area contributed by atoms with Crippen LogP contribution in [0.3, 0.4) is 0 Å². The van der Waals surface area contributed by atoms with Crippen molar-refractivity contribution in [3.8, 4) is 0 Å². The molecule has 2 N–H and O–H groups in total. The van der Waals surface area contributed by atoms with Gasteiger partial charge in [-0.1, -0.05) is 0 Å². The van der Waals surface area contributed by atoms with Crippen LogP contribution >= 0.6 is 0 Å². The van der Waals surface area contributed by atoms with Crippen molar-refractivity contribution in [2.75, 3.05) is 26.7 Å². The summed E-state index contributed by atoms with van der Waals surface area (Å²) in [7, 11) is 1.77. The number of hydrogen-bond donors (Lipinski definition) is 2. The number of likely N-dealkylation sites (N-methyl/N-ethyl adjacent to an activating group) is 1. The Kier molecular flexibility index (Phi) is 4.92. The Morgan fingerprint density at radius 1 is 1.52 bits per heavy atom. The molecule has 2 saturated heterocycles. The number of carbonyl (C=O) groups excluding carboxylic acids is 1. The Balaban J connectivity index is 1.64. The van der Waals surface area contributed by atoms with Crippen molar-refractivity contribution in [2.45, 2.75) is 63.8 Å². The quantitative estimate of drug-likeness (QED) is 0.852. The summed E-state index contributed by atoms with van der Waals surface area (Å²) in [6.07, 6.45) is 4.25. The van der Waals surface area contributed by atoms with Gasteiger partial charge in [-0.3, -0.25) is 9.69 Å². The highest BCUT2D eigenvalue weighted by Gasteiger charge is 2.50. The van der Waals surface area contributed by atoms with Gasteiger partial charge in [-0.2, -0.15) is 0 Å². The fraction of sp³-hybridized carbons (Fsp3) is 0.778. The average molecular weight is 350 g/mol. The van der Waals surface area contributed by atoms with Gasteiger partial charge in [-0.25, -0.2) is 4.98 Å². The summed E-state index contributed by atoms with van der Waals surface area (Å²) in [5.41, 5.74) is 0.967. The first-order valence-electron chi connectivity index (χ1n) is 9.03. The van der Waals surface area contributed by atoms with Gasteiger partial charge in [0.2, 0.25) is 5.91 Å². The zero-order valence-electron chi connectivity index (χ0n) is 15.7. The van der Waals surface area contributed by atoms with E-state index in [2.05, 4.69) is 14.9 Å². The van der Waals surface area contributed by atoms with Gasteiger partial charge in [-0.15, -0.1) is 0 Å². The SMILES string of the molecule is CC(=O)N(C)[C@H]1CC2(CCN(Cc3nc[nH]c3C)CC2)OC[C@]1(C)O. The minimum atomic E-state index is -1.01. The molecular formula is C18H30N4O3. The fourth-order valence-corrected chi connectivity index (χ4v) is 4.03. The molecule has 0 unspecified atom stereocenters. The van der Waals surface area contributed by atoms with Crippen molar-refractivity contribution in [3.63, 3.8) is 0 Å². The number of imidazole rings is 1. The molecule has 1 aromatic rings. The second-order valence-corrected chi connectivity index (χ2v) is 7.93. The van der Waals surface area contributed by atoms with Crippen molar-refractivity contribution in [1.82, 2.24) is 19.8 Å². The lowest BCUT2D eigenvalue weighted by molar-refractivity contribution is -0.209. The number of hydrogen-bond acceptors (Lipinski definition) is 5. The van der Waals surface area contributed by atoms with E-state index in [9.17, 15) is 9.90 Å². The van der Waals surface area contributed by atoms with Gasteiger partial charge >= 0.3 is 0 Å². The summed E-state index contributed by atoms with van der Waals surface area (Å²) in [5.74, 6) is -0.0197. The van der Waals surface area contributed by atoms with Crippen LogP contribution in [0.2, 0.25) is 0 Å². The molecule has 0 radical (unpaired) electrons. The maximum atomic E-state index is 11.8. The molecule has 0 aromatic carbocycles. The third kappa shape index (κ3) is 3.73. The summed E-state index contributed by atoms with van der Waals surface area (Å²) in [4.78, 5) is 23.4. The minimum absolute atomic E-state index is 0.0197. The van der Waals surface area contributed by atoms with Crippen molar-refractivity contribution >= 4 is 5.91 Å². The highest BCUT2D eigenvalue weighted by molar-refractivity contribution is 5.73. The monoisotopic (exact) mass is 350 g/mol. The van der Waals surface area contributed by atoms with Crippen molar-refractivity contribution < 1.29 is 14.6 Å². The van der Waals surface area contributed by atoms with E-state index in [1.807, 2.05) is 6.92 Å². The molecule has 3 rings (SSSR count). The van der Waals surface area contributed by atoms with Crippen LogP contribution < -0.4 is 0 Å². The van der Waals surface area contributed by atoms with E-state index in [4.69, 9.17) is 4.74 Å². The lowest BCUT2D eigenvalue weighted by Crippen LogP contribution is -2.63. The van der Waals surface area contributed by atoms with Gasteiger partial charge in [0.15, 0.2) is 0 Å². The molecule has 0 bridgehead atoms. The van der Waals surface area contributed by atoms with E-state index in [0.717, 1.165) is 43.9 Å². The van der Waals surface area contributed by atoms with Gasteiger partial charge in [0.25, 0.3) is 0 Å². The van der Waals surface area contributed by atoms with Gasteiger partial charge in [0.1, 0.15) is 5.60 Å². The third-order valence-corrected chi connectivity index (χ3v) is 5.99. The molecule has 7 nitrogen and oxygen atoms in total. The number of aromatic amines is 1. The summed E-state index contributed by atoms with van der Waals surface area (Å²) in [5, 5.41) is 10.7. The first-order chi connectivity index (χ1) is 11.7. The first-order valence-corrected chi connectivity index (χ1v) is 9.03. The summed E-state index contributed by atoms with van der Waals surface area (Å²) in [6.45, 7) is 8.35. The van der Waals surface area contributed by atoms with E-state index in [0.29, 0.717) is 6.42 Å². The summed E-state index contributed by atoms with van der Waals surface area (Å²) in [6, 6.07) is -0.209. The number of amides is 1. The molecule has 7 heteroatoms. The Morgan fingerprint density at radius 2 is 2.20 bits per heavy atom. The fourth-order valence-electron chi connectivity index (χ4n) is 4.03. The number of H-pyrrole nitrogens is 1. The number of aliphatic hydroxyl groups is 1. The topological polar surface area (TPSA) is 81.7 Å². The largest absolute Gasteiger partial charge is 0.386 e. The Hall–Kier alpha value is -1.44. The van der Waals surface area contributed by atoms with Crippen LogP contribution in [0.15, 0.2) is 6.33 Å². The molecule has 2 fully saturated rings. The van der Waals surface area contributed by atoms with E-state index in [1.54, 1.807) is 32.1 Å². The van der Waals surface area contributed by atoms with Crippen LogP contribution in [-0.2, 0) is 16.1 Å². The second kappa shape index (κ2) is 6.70. The molecule has 3 heterocycles. The molecule has 2 aliphatic heterocycles. The van der Waals surface area contributed by atoms with Gasteiger partial charge in [0, 0.05) is 39.3 Å². The minimum Gasteiger partial charge on any atom is -0.386 e. The number of ether oxygens (including phenoxy) is 1. The number of aromatic nitrogens is 2. The zero-order valence-corrected chi connectivity index (χ0v) is 15.7. The molecule has 0 aliphatic carbocycles. The molecule has 2 aliphatic rings. The first kappa shape index (κ1) is 18.4. The molecule has 0 saturated carbocycles. The Morgan fingerprint density at radius 3 is 2.76 bits per heavy atom. The van der Waals surface area contributed by atoms with Gasteiger partial charge in [-0.05, 0) is 33.1 Å². The predicted molar refractivity (Wildman–Crippen MR) is 94.0 cm³/mol. The van der Waals surface area contributed by atoms with E-state index >= 15 is 0 Å². The number of piperidine rings is 1. The van der Waals surface area contributed by atoms with Crippen LogP contribution in [0.25, 0.3) is 0 Å². The molecule has 1 amide bonds. The van der Waals surface area contributed by atoms with Crippen molar-refractivity contribution in [2.24, 2.45) is 0 Å². The Bertz CT molecular complexity index is 620. The van der Waals surface area contributed by atoms with Crippen LogP contribution in [0, 0.1) is 6.92 Å². The number of likely N-dealkylation sites (tertiary alicyclic amines) is 1. The molecule has 1 aromatic heterocycles. The standard InChI is InChI=1S/C18H30N4O3/c1-13-15(20-12-19-13)10-22-7-5-18(6-8-22)9-16(21(4)14(2)23)17(3,24)11-25-18/h12,16,24H,5-11H2,1-4H3,(H,19,20)/t16-,17-/m0/s1. The number of nitrogens with zero attached hydrogens (tertiary/aromatic N) is 3. The maximum absolute atomic E-state index is 11.8. The number of carbonyl (C=O) groups is 1. The molecule has 25 heavy (non-hydrogen) atoms. The molecule has 1 spiro atoms. The molecule has 2 atom stereocenters. The van der Waals surface area contributed by atoms with Gasteiger partial charge in [0.05, 0.1) is 30.3 Å². The van der Waals surface area contributed by atoms with Crippen LogP contribution in [-0.4, -0.2) is 74.8 Å². The Labute approximate surface area is 149 Å². The lowest BCUT2D eigenvalue weighted by atomic mass is 9.77.